The lowest BCUT2D eigenvalue weighted by atomic mass is 10.0. The normalized spacial score (nSPS) is 14.1. The van der Waals surface area contributed by atoms with Gasteiger partial charge in [0.1, 0.15) is 0 Å². The fourth-order valence-electron chi connectivity index (χ4n) is 6.01. The molecular formula is C36H43Cl2N5O8. The third-order valence-corrected chi connectivity index (χ3v) is 8.42. The Morgan fingerprint density at radius 2 is 1.12 bits per heavy atom. The van der Waals surface area contributed by atoms with Crippen LogP contribution in [0.5, 0.6) is 34.5 Å². The standard InChI is InChI=1S/C36H41N5O8.2ClH/c1-44-29-15-24(16-30(45-2)34(29)48-5)26-13-22(7-9-38-26)20-40-11-12-41(36(43)28(40)19-33(37)42)21-23-8-10-39-27(14-23)25-17-31(46-3)35(49-6)32(18-25)47-4;;/h7-10,13-18,28H,11-12,19-21H2,1-6H3,(H2,37,42);2*1H/t28-;;/m0../s1. The van der Waals surface area contributed by atoms with Crippen LogP contribution < -0.4 is 34.2 Å². The van der Waals surface area contributed by atoms with E-state index in [1.165, 1.54) is 0 Å². The second-order valence-electron chi connectivity index (χ2n) is 11.3. The van der Waals surface area contributed by atoms with Crippen LogP contribution in [0.25, 0.3) is 22.5 Å². The predicted molar refractivity (Wildman–Crippen MR) is 197 cm³/mol. The summed E-state index contributed by atoms with van der Waals surface area (Å²) < 4.78 is 33.0. The van der Waals surface area contributed by atoms with Gasteiger partial charge in [-0.2, -0.15) is 0 Å². The van der Waals surface area contributed by atoms with Crippen LogP contribution in [0.15, 0.2) is 60.9 Å². The third kappa shape index (κ3) is 9.04. The second-order valence-corrected chi connectivity index (χ2v) is 11.3. The maximum absolute atomic E-state index is 13.9. The SMILES string of the molecule is COc1cc(-c2cc(CN3CCN(Cc4ccnc(-c5cc(OC)c(OC)c(OC)c5)c4)[C@@H](CC(N)=O)C3=O)ccn2)cc(OC)c1OC.Cl.Cl. The predicted octanol–water partition coefficient (Wildman–Crippen LogP) is 4.79. The Hall–Kier alpha value is -4.98. The summed E-state index contributed by atoms with van der Waals surface area (Å²) >= 11 is 0. The highest BCUT2D eigenvalue weighted by molar-refractivity contribution is 5.88. The summed E-state index contributed by atoms with van der Waals surface area (Å²) in [7, 11) is 9.33. The molecule has 0 radical (unpaired) electrons. The third-order valence-electron chi connectivity index (χ3n) is 8.42. The van der Waals surface area contributed by atoms with Gasteiger partial charge in [-0.1, -0.05) is 0 Å². The maximum Gasteiger partial charge on any atom is 0.240 e. The van der Waals surface area contributed by atoms with Gasteiger partial charge in [0.05, 0.1) is 66.5 Å². The summed E-state index contributed by atoms with van der Waals surface area (Å²) in [5, 5.41) is 0. The average molecular weight is 745 g/mol. The molecule has 0 unspecified atom stereocenters. The highest BCUT2D eigenvalue weighted by atomic mass is 35.5. The fraction of sp³-hybridized carbons (Fsp3) is 0.333. The van der Waals surface area contributed by atoms with Crippen molar-refractivity contribution in [2.75, 3.05) is 55.7 Å². The van der Waals surface area contributed by atoms with Gasteiger partial charge in [-0.15, -0.1) is 24.8 Å². The van der Waals surface area contributed by atoms with Gasteiger partial charge < -0.3 is 39.1 Å². The van der Waals surface area contributed by atoms with Gasteiger partial charge in [-0.3, -0.25) is 24.5 Å². The first-order valence-electron chi connectivity index (χ1n) is 15.5. The summed E-state index contributed by atoms with van der Waals surface area (Å²) in [5.74, 6) is 2.29. The zero-order valence-corrected chi connectivity index (χ0v) is 31.0. The monoisotopic (exact) mass is 743 g/mol. The molecule has 5 rings (SSSR count). The minimum atomic E-state index is -0.722. The van der Waals surface area contributed by atoms with Crippen LogP contribution in [-0.2, 0) is 22.7 Å². The number of amides is 2. The number of piperazine rings is 1. The lowest BCUT2D eigenvalue weighted by molar-refractivity contribution is -0.145. The van der Waals surface area contributed by atoms with Crippen molar-refractivity contribution < 1.29 is 38.0 Å². The van der Waals surface area contributed by atoms with Crippen molar-refractivity contribution in [3.05, 3.63) is 72.1 Å². The highest BCUT2D eigenvalue weighted by Gasteiger charge is 2.36. The first-order chi connectivity index (χ1) is 23.7. The largest absolute Gasteiger partial charge is 0.493 e. The van der Waals surface area contributed by atoms with Gasteiger partial charge in [0.15, 0.2) is 23.0 Å². The topological polar surface area (TPSA) is 148 Å². The number of carbonyl (C=O) groups is 2. The molecule has 274 valence electrons. The van der Waals surface area contributed by atoms with Gasteiger partial charge in [0, 0.05) is 49.7 Å². The minimum Gasteiger partial charge on any atom is -0.493 e. The van der Waals surface area contributed by atoms with Gasteiger partial charge in [0.2, 0.25) is 23.3 Å². The number of aromatic nitrogens is 2. The Morgan fingerprint density at radius 3 is 1.51 bits per heavy atom. The van der Waals surface area contributed by atoms with Gasteiger partial charge >= 0.3 is 0 Å². The second kappa shape index (κ2) is 18.3. The minimum absolute atomic E-state index is 0. The Bertz CT molecular complexity index is 1780. The number of nitrogens with two attached hydrogens (primary N) is 1. The number of halogens is 2. The van der Waals surface area contributed by atoms with Crippen molar-refractivity contribution in [1.82, 2.24) is 19.8 Å². The molecule has 1 aliphatic rings. The number of primary amides is 1. The van der Waals surface area contributed by atoms with Crippen molar-refractivity contribution in [2.24, 2.45) is 5.73 Å². The molecule has 1 saturated heterocycles. The number of pyridine rings is 2. The van der Waals surface area contributed by atoms with Crippen molar-refractivity contribution in [1.29, 1.82) is 0 Å². The number of nitrogens with zero attached hydrogens (tertiary/aromatic N) is 4. The van der Waals surface area contributed by atoms with E-state index in [-0.39, 0.29) is 37.1 Å². The molecule has 2 amide bonds. The zero-order valence-electron chi connectivity index (χ0n) is 29.3. The van der Waals surface area contributed by atoms with Crippen LogP contribution in [0.3, 0.4) is 0 Å². The van der Waals surface area contributed by atoms with Crippen LogP contribution in [0, 0.1) is 0 Å². The molecule has 51 heavy (non-hydrogen) atoms. The van der Waals surface area contributed by atoms with E-state index in [9.17, 15) is 9.59 Å². The molecule has 3 heterocycles. The molecule has 0 bridgehead atoms. The molecule has 13 nitrogen and oxygen atoms in total. The molecule has 1 fully saturated rings. The van der Waals surface area contributed by atoms with Crippen LogP contribution in [-0.4, -0.2) is 93.4 Å². The summed E-state index contributed by atoms with van der Waals surface area (Å²) in [5.41, 5.74) is 10.3. The molecule has 4 aromatic rings. The van der Waals surface area contributed by atoms with Gasteiger partial charge in [0.25, 0.3) is 0 Å². The number of rotatable bonds is 14. The number of hydrogen-bond acceptors (Lipinski definition) is 11. The van der Waals surface area contributed by atoms with Gasteiger partial charge in [-0.05, 0) is 59.7 Å². The van der Waals surface area contributed by atoms with E-state index >= 15 is 0 Å². The summed E-state index contributed by atoms with van der Waals surface area (Å²) in [6.07, 6.45) is 3.31. The molecule has 1 atom stereocenters. The number of hydrogen-bond donors (Lipinski definition) is 1. The van der Waals surface area contributed by atoms with Crippen LogP contribution in [0.2, 0.25) is 0 Å². The van der Waals surface area contributed by atoms with Crippen LogP contribution in [0.1, 0.15) is 17.5 Å². The Kier molecular flexibility index (Phi) is 14.5. The summed E-state index contributed by atoms with van der Waals surface area (Å²) in [6, 6.07) is 14.2. The van der Waals surface area contributed by atoms with Crippen molar-refractivity contribution >= 4 is 36.6 Å². The number of methoxy groups -OCH3 is 6. The zero-order chi connectivity index (χ0) is 35.1. The van der Waals surface area contributed by atoms with Crippen LogP contribution >= 0.6 is 24.8 Å². The quantitative estimate of drug-likeness (QED) is 0.190. The van der Waals surface area contributed by atoms with Crippen molar-refractivity contribution in [2.45, 2.75) is 25.6 Å². The van der Waals surface area contributed by atoms with Crippen LogP contribution in [0.4, 0.5) is 0 Å². The molecule has 15 heteroatoms. The number of benzene rings is 2. The van der Waals surface area contributed by atoms with Crippen molar-refractivity contribution in [3.8, 4) is 57.0 Å². The molecule has 2 aromatic heterocycles. The summed E-state index contributed by atoms with van der Waals surface area (Å²) in [4.78, 5) is 39.0. The average Bonchev–Trinajstić information content (AvgIpc) is 3.12. The van der Waals surface area contributed by atoms with Gasteiger partial charge in [-0.25, -0.2) is 0 Å². The van der Waals surface area contributed by atoms with E-state index in [1.807, 2.05) is 53.4 Å². The van der Waals surface area contributed by atoms with Crippen molar-refractivity contribution in [3.63, 3.8) is 0 Å². The molecule has 0 aliphatic carbocycles. The van der Waals surface area contributed by atoms with E-state index in [2.05, 4.69) is 9.97 Å². The molecule has 0 saturated carbocycles. The lowest BCUT2D eigenvalue weighted by Gasteiger charge is -2.40. The smallest absolute Gasteiger partial charge is 0.240 e. The Balaban J connectivity index is 0.00000351. The molecule has 2 N–H and O–H groups in total. The maximum atomic E-state index is 13.9. The van der Waals surface area contributed by atoms with E-state index in [1.54, 1.807) is 60.0 Å². The van der Waals surface area contributed by atoms with E-state index in [0.29, 0.717) is 72.1 Å². The van der Waals surface area contributed by atoms with E-state index < -0.39 is 11.9 Å². The Morgan fingerprint density at radius 1 is 0.686 bits per heavy atom. The molecule has 2 aromatic carbocycles. The summed E-state index contributed by atoms with van der Waals surface area (Å²) in [6.45, 7) is 1.75. The van der Waals surface area contributed by atoms with E-state index in [4.69, 9.17) is 34.2 Å². The number of carbonyl (C=O) groups excluding carboxylic acids is 2. The first-order valence-corrected chi connectivity index (χ1v) is 15.5. The fourth-order valence-corrected chi connectivity index (χ4v) is 6.01. The molecular weight excluding hydrogens is 701 g/mol. The molecule has 0 spiro atoms. The lowest BCUT2D eigenvalue weighted by Crippen LogP contribution is -2.57. The van der Waals surface area contributed by atoms with E-state index in [0.717, 1.165) is 22.3 Å². The highest BCUT2D eigenvalue weighted by Crippen LogP contribution is 2.42. The molecule has 1 aliphatic heterocycles. The Labute approximate surface area is 309 Å². The first kappa shape index (κ1) is 40.4. The number of ether oxygens (including phenoxy) is 6.